The summed E-state index contributed by atoms with van der Waals surface area (Å²) in [6.45, 7) is 9.49. The molecule has 0 amide bonds. The minimum atomic E-state index is 0.106. The van der Waals surface area contributed by atoms with Crippen LogP contribution >= 0.6 is 11.6 Å². The van der Waals surface area contributed by atoms with Gasteiger partial charge in [0, 0.05) is 11.6 Å². The highest BCUT2D eigenvalue weighted by molar-refractivity contribution is 6.32. The smallest absolute Gasteiger partial charge is 0.142 e. The summed E-state index contributed by atoms with van der Waals surface area (Å²) in [6, 6.07) is 15.6. The fraction of sp³-hybridized carbons (Fsp3) is 0.182. The first-order chi connectivity index (χ1) is 13.0. The highest BCUT2D eigenvalue weighted by Gasteiger charge is 2.03. The van der Waals surface area contributed by atoms with Gasteiger partial charge in [-0.1, -0.05) is 50.2 Å². The second kappa shape index (κ2) is 14.0. The largest absolute Gasteiger partial charge is 0.508 e. The number of rotatable bonds is 4. The van der Waals surface area contributed by atoms with Crippen molar-refractivity contribution in [2.45, 2.75) is 27.4 Å². The van der Waals surface area contributed by atoms with E-state index in [1.54, 1.807) is 37.3 Å². The molecule has 0 atom stereocenters. The average Bonchev–Trinajstić information content (AvgIpc) is 2.71. The van der Waals surface area contributed by atoms with Gasteiger partial charge in [0.2, 0.25) is 0 Å². The van der Waals surface area contributed by atoms with Crippen LogP contribution in [0.1, 0.15) is 31.9 Å². The van der Waals surface area contributed by atoms with Crippen molar-refractivity contribution in [3.8, 4) is 23.6 Å². The number of hydrogen-bond acceptors (Lipinski definition) is 4. The Labute approximate surface area is 166 Å². The van der Waals surface area contributed by atoms with E-state index in [0.717, 1.165) is 5.56 Å². The molecule has 4 nitrogen and oxygen atoms in total. The molecule has 0 aliphatic heterocycles. The van der Waals surface area contributed by atoms with Gasteiger partial charge in [-0.25, -0.2) is 0 Å². The molecule has 0 fully saturated rings. The number of nitriles is 2. The first kappa shape index (κ1) is 23.8. The van der Waals surface area contributed by atoms with Crippen LogP contribution in [0.5, 0.6) is 11.5 Å². The Bertz CT molecular complexity index is 829. The fourth-order valence-corrected chi connectivity index (χ4v) is 1.83. The molecular weight excluding hydrogens is 360 g/mol. The fourth-order valence-electron chi connectivity index (χ4n) is 1.65. The van der Waals surface area contributed by atoms with Gasteiger partial charge in [0.1, 0.15) is 18.1 Å². The number of aromatic hydroxyl groups is 1. The van der Waals surface area contributed by atoms with Gasteiger partial charge in [-0.15, -0.1) is 0 Å². The van der Waals surface area contributed by atoms with Crippen molar-refractivity contribution in [2.24, 2.45) is 0 Å². The van der Waals surface area contributed by atoms with E-state index in [-0.39, 0.29) is 5.75 Å². The third-order valence-electron chi connectivity index (χ3n) is 2.94. The zero-order valence-corrected chi connectivity index (χ0v) is 16.5. The number of allylic oxidation sites excluding steroid dienone is 3. The van der Waals surface area contributed by atoms with Crippen LogP contribution in [0.4, 0.5) is 0 Å². The standard InChI is InChI=1S/C14H10ClNO2.C6H7N.C2H6/c15-13-6-5-12(17)7-14(13)18-9-11-3-1-10(8-16)2-4-11;1-3-4-6(2)5-7;1-2/h1-7,17H,9H2;3-4H,1H2,2H3;1-2H3/b;6-4+;. The van der Waals surface area contributed by atoms with E-state index in [1.807, 2.05) is 38.1 Å². The van der Waals surface area contributed by atoms with Crippen LogP contribution in [0, 0.1) is 22.7 Å². The van der Waals surface area contributed by atoms with Gasteiger partial charge in [-0.05, 0) is 42.8 Å². The van der Waals surface area contributed by atoms with E-state index in [9.17, 15) is 5.11 Å². The van der Waals surface area contributed by atoms with Crippen molar-refractivity contribution in [3.05, 3.63) is 82.9 Å². The topological polar surface area (TPSA) is 77.0 Å². The Balaban J connectivity index is 0.000000637. The summed E-state index contributed by atoms with van der Waals surface area (Å²) in [7, 11) is 0. The summed E-state index contributed by atoms with van der Waals surface area (Å²) in [6.07, 6.45) is 3.26. The van der Waals surface area contributed by atoms with Gasteiger partial charge in [0.05, 0.1) is 22.7 Å². The predicted octanol–water partition coefficient (Wildman–Crippen LogP) is 6.16. The Morgan fingerprint density at radius 1 is 1.19 bits per heavy atom. The van der Waals surface area contributed by atoms with Gasteiger partial charge in [0.25, 0.3) is 0 Å². The molecule has 0 spiro atoms. The molecule has 0 heterocycles. The maximum Gasteiger partial charge on any atom is 0.142 e. The molecule has 0 saturated heterocycles. The lowest BCUT2D eigenvalue weighted by Gasteiger charge is -2.08. The maximum absolute atomic E-state index is 9.33. The summed E-state index contributed by atoms with van der Waals surface area (Å²) in [5.74, 6) is 0.537. The normalized spacial score (nSPS) is 9.33. The second-order valence-corrected chi connectivity index (χ2v) is 5.32. The summed E-state index contributed by atoms with van der Waals surface area (Å²) >= 11 is 5.93. The summed E-state index contributed by atoms with van der Waals surface area (Å²) in [4.78, 5) is 0. The van der Waals surface area contributed by atoms with Gasteiger partial charge < -0.3 is 9.84 Å². The molecule has 0 saturated carbocycles. The molecule has 1 N–H and O–H groups in total. The van der Waals surface area contributed by atoms with Crippen molar-refractivity contribution in [3.63, 3.8) is 0 Å². The number of halogens is 1. The van der Waals surface area contributed by atoms with E-state index < -0.39 is 0 Å². The van der Waals surface area contributed by atoms with E-state index >= 15 is 0 Å². The zero-order valence-electron chi connectivity index (χ0n) is 15.7. The average molecular weight is 383 g/mol. The number of phenols is 1. The molecule has 5 heteroatoms. The molecule has 2 aromatic rings. The Morgan fingerprint density at radius 2 is 1.81 bits per heavy atom. The highest BCUT2D eigenvalue weighted by Crippen LogP contribution is 2.28. The molecule has 0 radical (unpaired) electrons. The van der Waals surface area contributed by atoms with Crippen molar-refractivity contribution in [1.82, 2.24) is 0 Å². The van der Waals surface area contributed by atoms with E-state index in [4.69, 9.17) is 26.9 Å². The maximum atomic E-state index is 9.33. The monoisotopic (exact) mass is 382 g/mol. The molecule has 27 heavy (non-hydrogen) atoms. The molecule has 0 bridgehead atoms. The Hall–Kier alpha value is -3.21. The third kappa shape index (κ3) is 9.75. The molecule has 2 aromatic carbocycles. The molecule has 0 unspecified atom stereocenters. The van der Waals surface area contributed by atoms with Crippen LogP contribution in [0.25, 0.3) is 0 Å². The number of hydrogen-bond donors (Lipinski definition) is 1. The summed E-state index contributed by atoms with van der Waals surface area (Å²) < 4.78 is 5.50. The SMILES string of the molecule is C=C/C=C(\C)C#N.CC.N#Cc1ccc(COc2cc(O)ccc2Cl)cc1. The molecule has 140 valence electrons. The van der Waals surface area contributed by atoms with E-state index in [1.165, 1.54) is 12.1 Å². The zero-order chi connectivity index (χ0) is 20.7. The second-order valence-electron chi connectivity index (χ2n) is 4.91. The third-order valence-corrected chi connectivity index (χ3v) is 3.25. The Morgan fingerprint density at radius 3 is 2.30 bits per heavy atom. The van der Waals surface area contributed by atoms with Crippen LogP contribution in [-0.2, 0) is 6.61 Å². The van der Waals surface area contributed by atoms with Crippen LogP contribution in [0.2, 0.25) is 5.02 Å². The molecule has 0 aliphatic rings. The number of benzene rings is 2. The van der Waals surface area contributed by atoms with Crippen molar-refractivity contribution < 1.29 is 9.84 Å². The van der Waals surface area contributed by atoms with Crippen LogP contribution < -0.4 is 4.74 Å². The number of nitrogens with zero attached hydrogens (tertiary/aromatic N) is 2. The van der Waals surface area contributed by atoms with Crippen LogP contribution in [-0.4, -0.2) is 5.11 Å². The van der Waals surface area contributed by atoms with Crippen LogP contribution in [0.3, 0.4) is 0 Å². The van der Waals surface area contributed by atoms with Crippen molar-refractivity contribution in [2.75, 3.05) is 0 Å². The van der Waals surface area contributed by atoms with Gasteiger partial charge in [-0.2, -0.15) is 10.5 Å². The summed E-state index contributed by atoms with van der Waals surface area (Å²) in [5.41, 5.74) is 2.22. The van der Waals surface area contributed by atoms with Gasteiger partial charge >= 0.3 is 0 Å². The van der Waals surface area contributed by atoms with Gasteiger partial charge in [-0.3, -0.25) is 0 Å². The van der Waals surface area contributed by atoms with Crippen molar-refractivity contribution >= 4 is 11.6 Å². The number of phenolic OH excluding ortho intramolecular Hbond substituents is 1. The first-order valence-electron chi connectivity index (χ1n) is 8.30. The lowest BCUT2D eigenvalue weighted by atomic mass is 10.2. The minimum Gasteiger partial charge on any atom is -0.508 e. The molecular formula is C22H23ClN2O2. The van der Waals surface area contributed by atoms with Crippen LogP contribution in [0.15, 0.2) is 66.8 Å². The van der Waals surface area contributed by atoms with Crippen molar-refractivity contribution in [1.29, 1.82) is 10.5 Å². The molecule has 2 rings (SSSR count). The predicted molar refractivity (Wildman–Crippen MR) is 110 cm³/mol. The highest BCUT2D eigenvalue weighted by atomic mass is 35.5. The van der Waals surface area contributed by atoms with E-state index in [2.05, 4.69) is 6.58 Å². The van der Waals surface area contributed by atoms with E-state index in [0.29, 0.717) is 28.5 Å². The molecule has 0 aromatic heterocycles. The Kier molecular flexibility index (Phi) is 12.3. The summed E-state index contributed by atoms with van der Waals surface area (Å²) in [5, 5.41) is 26.6. The van der Waals surface area contributed by atoms with Gasteiger partial charge in [0.15, 0.2) is 0 Å². The lowest BCUT2D eigenvalue weighted by molar-refractivity contribution is 0.304. The first-order valence-corrected chi connectivity index (χ1v) is 8.67. The molecule has 0 aliphatic carbocycles. The minimum absolute atomic E-state index is 0.106. The lowest BCUT2D eigenvalue weighted by Crippen LogP contribution is -1.95. The number of ether oxygens (including phenoxy) is 1. The quantitative estimate of drug-likeness (QED) is 0.507.